The van der Waals surface area contributed by atoms with E-state index in [1.54, 1.807) is 19.9 Å². The molecule has 5 N–H and O–H groups in total. The molecule has 1 aromatic heterocycles. The van der Waals surface area contributed by atoms with E-state index >= 15 is 0 Å². The maximum absolute atomic E-state index is 12.8. The van der Waals surface area contributed by atoms with E-state index in [1.165, 1.54) is 30.6 Å². The van der Waals surface area contributed by atoms with Gasteiger partial charge in [0, 0.05) is 23.4 Å². The van der Waals surface area contributed by atoms with Gasteiger partial charge in [-0.2, -0.15) is 0 Å². The van der Waals surface area contributed by atoms with Gasteiger partial charge in [-0.3, -0.25) is 9.59 Å². The highest BCUT2D eigenvalue weighted by atomic mass is 35.5. The van der Waals surface area contributed by atoms with Gasteiger partial charge in [0.1, 0.15) is 5.54 Å². The molecule has 1 aliphatic carbocycles. The molecular formula is C22H31ClN4O2S. The minimum atomic E-state index is -1.38. The number of primary amides is 1. The second-order valence-corrected chi connectivity index (χ2v) is 10.3. The zero-order valence-corrected chi connectivity index (χ0v) is 19.2. The van der Waals surface area contributed by atoms with Crippen LogP contribution in [0.25, 0.3) is 10.2 Å². The van der Waals surface area contributed by atoms with E-state index in [2.05, 4.69) is 10.3 Å². The summed E-state index contributed by atoms with van der Waals surface area (Å²) < 4.78 is 0.923. The molecule has 0 saturated heterocycles. The number of halogens is 1. The topological polar surface area (TPSA) is 111 Å². The van der Waals surface area contributed by atoms with E-state index in [0.717, 1.165) is 23.1 Å². The molecule has 164 valence electrons. The predicted molar refractivity (Wildman–Crippen MR) is 122 cm³/mol. The second-order valence-electron chi connectivity index (χ2n) is 8.72. The Balaban J connectivity index is 1.94. The number of thiazole rings is 1. The van der Waals surface area contributed by atoms with Gasteiger partial charge in [0.25, 0.3) is 0 Å². The van der Waals surface area contributed by atoms with Crippen LogP contribution in [0.1, 0.15) is 57.4 Å². The first-order chi connectivity index (χ1) is 14.2. The third-order valence-electron chi connectivity index (χ3n) is 6.08. The number of fused-ring (bicyclic) bond motifs is 1. The molecule has 6 nitrogen and oxygen atoms in total. The number of carbonyl (C=O) groups is 2. The minimum Gasteiger partial charge on any atom is -0.368 e. The number of carbonyl (C=O) groups excluding carboxylic acids is 2. The summed E-state index contributed by atoms with van der Waals surface area (Å²) in [4.78, 5) is 30.1. The highest BCUT2D eigenvalue weighted by Gasteiger charge is 2.46. The van der Waals surface area contributed by atoms with Crippen molar-refractivity contribution in [2.24, 2.45) is 23.3 Å². The first-order valence-electron chi connectivity index (χ1n) is 10.6. The van der Waals surface area contributed by atoms with Crippen LogP contribution < -0.4 is 16.8 Å². The molecule has 3 rings (SSSR count). The van der Waals surface area contributed by atoms with Crippen molar-refractivity contribution in [2.45, 2.75) is 70.4 Å². The van der Waals surface area contributed by atoms with E-state index in [9.17, 15) is 9.59 Å². The molecule has 8 heteroatoms. The molecule has 1 unspecified atom stereocenters. The Hall–Kier alpha value is -1.70. The minimum absolute atomic E-state index is 0.172. The van der Waals surface area contributed by atoms with Crippen molar-refractivity contribution in [1.82, 2.24) is 10.3 Å². The normalized spacial score (nSPS) is 18.3. The summed E-state index contributed by atoms with van der Waals surface area (Å²) in [6.07, 6.45) is 6.62. The quantitative estimate of drug-likeness (QED) is 0.568. The van der Waals surface area contributed by atoms with Gasteiger partial charge in [-0.1, -0.05) is 57.6 Å². The largest absolute Gasteiger partial charge is 0.368 e. The molecule has 30 heavy (non-hydrogen) atoms. The zero-order chi connectivity index (χ0) is 21.9. The maximum atomic E-state index is 12.8. The molecule has 0 radical (unpaired) electrons. The number of benzene rings is 1. The van der Waals surface area contributed by atoms with Crippen molar-refractivity contribution in [3.8, 4) is 0 Å². The Morgan fingerprint density at radius 1 is 1.30 bits per heavy atom. The number of nitrogens with one attached hydrogen (secondary N) is 1. The average molecular weight is 451 g/mol. The van der Waals surface area contributed by atoms with E-state index in [0.29, 0.717) is 22.4 Å². The van der Waals surface area contributed by atoms with Crippen LogP contribution in [0.15, 0.2) is 18.2 Å². The number of aromatic nitrogens is 1. The SMILES string of the molecule is CC(C)C(=O)NC(Cc1nc2ccc(Cl)cc2s1)(C(N)=O)[C@@H](N)CC1CCCCC1. The third-order valence-corrected chi connectivity index (χ3v) is 7.33. The summed E-state index contributed by atoms with van der Waals surface area (Å²) in [6.45, 7) is 3.57. The fourth-order valence-electron chi connectivity index (χ4n) is 4.21. The van der Waals surface area contributed by atoms with Crippen LogP contribution >= 0.6 is 22.9 Å². The Morgan fingerprint density at radius 2 is 2.00 bits per heavy atom. The van der Waals surface area contributed by atoms with E-state index in [4.69, 9.17) is 23.1 Å². The molecule has 1 aromatic carbocycles. The average Bonchev–Trinajstić information content (AvgIpc) is 3.08. The number of amides is 2. The molecule has 1 aliphatic rings. The van der Waals surface area contributed by atoms with Crippen LogP contribution in [-0.2, 0) is 16.0 Å². The van der Waals surface area contributed by atoms with Crippen molar-refractivity contribution in [3.63, 3.8) is 0 Å². The molecule has 0 aliphatic heterocycles. The lowest BCUT2D eigenvalue weighted by Gasteiger charge is -2.39. The van der Waals surface area contributed by atoms with Crippen molar-refractivity contribution < 1.29 is 9.59 Å². The summed E-state index contributed by atoms with van der Waals surface area (Å²) in [7, 11) is 0. The first kappa shape index (κ1) is 23.0. The number of nitrogens with zero attached hydrogens (tertiary/aromatic N) is 1. The summed E-state index contributed by atoms with van der Waals surface area (Å²) in [5.41, 5.74) is 12.0. The third kappa shape index (κ3) is 5.13. The van der Waals surface area contributed by atoms with E-state index in [1.807, 2.05) is 12.1 Å². The molecule has 1 saturated carbocycles. The predicted octanol–water partition coefficient (Wildman–Crippen LogP) is 3.79. The van der Waals surface area contributed by atoms with Gasteiger partial charge in [-0.05, 0) is 30.5 Å². The van der Waals surface area contributed by atoms with E-state index < -0.39 is 17.5 Å². The summed E-state index contributed by atoms with van der Waals surface area (Å²) >= 11 is 7.55. The van der Waals surface area contributed by atoms with Crippen molar-refractivity contribution in [1.29, 1.82) is 0 Å². The first-order valence-corrected chi connectivity index (χ1v) is 11.8. The van der Waals surface area contributed by atoms with Crippen LogP contribution in [0.3, 0.4) is 0 Å². The number of rotatable bonds is 8. The van der Waals surface area contributed by atoms with Crippen molar-refractivity contribution in [2.75, 3.05) is 0 Å². The number of nitrogens with two attached hydrogens (primary N) is 2. The lowest BCUT2D eigenvalue weighted by atomic mass is 9.77. The molecular weight excluding hydrogens is 420 g/mol. The van der Waals surface area contributed by atoms with Crippen LogP contribution in [0.4, 0.5) is 0 Å². The van der Waals surface area contributed by atoms with Gasteiger partial charge < -0.3 is 16.8 Å². The van der Waals surface area contributed by atoms with Gasteiger partial charge >= 0.3 is 0 Å². The molecule has 2 amide bonds. The Labute approximate surface area is 186 Å². The number of hydrogen-bond donors (Lipinski definition) is 3. The van der Waals surface area contributed by atoms with Gasteiger partial charge in [-0.25, -0.2) is 4.98 Å². The lowest BCUT2D eigenvalue weighted by Crippen LogP contribution is -2.69. The fraction of sp³-hybridized carbons (Fsp3) is 0.591. The smallest absolute Gasteiger partial charge is 0.245 e. The van der Waals surface area contributed by atoms with Gasteiger partial charge in [-0.15, -0.1) is 11.3 Å². The van der Waals surface area contributed by atoms with Crippen molar-refractivity contribution >= 4 is 45.0 Å². The van der Waals surface area contributed by atoms with E-state index in [-0.39, 0.29) is 18.2 Å². The van der Waals surface area contributed by atoms with Crippen LogP contribution in [0.5, 0.6) is 0 Å². The number of hydrogen-bond acceptors (Lipinski definition) is 5. The highest BCUT2D eigenvalue weighted by molar-refractivity contribution is 7.18. The highest BCUT2D eigenvalue weighted by Crippen LogP contribution is 2.32. The van der Waals surface area contributed by atoms with Gasteiger partial charge in [0.05, 0.1) is 15.2 Å². The van der Waals surface area contributed by atoms with Gasteiger partial charge in [0.2, 0.25) is 11.8 Å². The molecule has 1 fully saturated rings. The fourth-order valence-corrected chi connectivity index (χ4v) is 5.55. The summed E-state index contributed by atoms with van der Waals surface area (Å²) in [5.74, 6) is -0.702. The molecule has 0 bridgehead atoms. The maximum Gasteiger partial charge on any atom is 0.245 e. The molecule has 2 aromatic rings. The summed E-state index contributed by atoms with van der Waals surface area (Å²) in [6, 6.07) is 4.89. The second kappa shape index (κ2) is 9.62. The van der Waals surface area contributed by atoms with Gasteiger partial charge in [0.15, 0.2) is 0 Å². The van der Waals surface area contributed by atoms with Crippen LogP contribution in [0, 0.1) is 11.8 Å². The Bertz CT molecular complexity index is 910. The molecule has 2 atom stereocenters. The molecule has 1 heterocycles. The Morgan fingerprint density at radius 3 is 2.63 bits per heavy atom. The molecule has 0 spiro atoms. The van der Waals surface area contributed by atoms with Crippen LogP contribution in [0.2, 0.25) is 5.02 Å². The Kier molecular flexibility index (Phi) is 7.37. The monoisotopic (exact) mass is 450 g/mol. The van der Waals surface area contributed by atoms with Crippen LogP contribution in [-0.4, -0.2) is 28.4 Å². The standard InChI is InChI=1S/C22H31ClN4O2S/c1-13(2)20(28)27-22(21(25)29,18(24)10-14-6-4-3-5-7-14)12-19-26-16-9-8-15(23)11-17(16)30-19/h8-9,11,13-14,18H,3-7,10,12,24H2,1-2H3,(H2,25,29)(H,27,28)/t18-,22?/m0/s1. The summed E-state index contributed by atoms with van der Waals surface area (Å²) in [5, 5.41) is 4.25. The zero-order valence-electron chi connectivity index (χ0n) is 17.6. The lowest BCUT2D eigenvalue weighted by molar-refractivity contribution is -0.134. The van der Waals surface area contributed by atoms with Crippen molar-refractivity contribution in [3.05, 3.63) is 28.2 Å².